The van der Waals surface area contributed by atoms with E-state index in [0.717, 1.165) is 0 Å². The molecule has 0 aromatic carbocycles. The highest BCUT2D eigenvalue weighted by Crippen LogP contribution is 2.64. The molecule has 0 aliphatic rings. The zero-order chi connectivity index (χ0) is 26.6. The third-order valence-corrected chi connectivity index (χ3v) is 3.76. The lowest BCUT2D eigenvalue weighted by Crippen LogP contribution is -2.75. The van der Waals surface area contributed by atoms with Crippen molar-refractivity contribution in [3.8, 4) is 0 Å². The van der Waals surface area contributed by atoms with Crippen LogP contribution in [0.25, 0.3) is 0 Å². The van der Waals surface area contributed by atoms with Crippen LogP contribution in [-0.2, 0) is 4.74 Å². The fourth-order valence-electron chi connectivity index (χ4n) is 1.75. The Kier molecular flexibility index (Phi) is 7.87. The Balaban J connectivity index is 6.67. The van der Waals surface area contributed by atoms with Gasteiger partial charge < -0.3 is 9.84 Å². The number of halogens is 17. The van der Waals surface area contributed by atoms with Crippen molar-refractivity contribution in [2.45, 2.75) is 73.7 Å². The molecular formula is C13H11F17O2. The summed E-state index contributed by atoms with van der Waals surface area (Å²) in [6.45, 7) is -2.23. The van der Waals surface area contributed by atoms with Gasteiger partial charge in [0.25, 0.3) is 0 Å². The molecule has 32 heavy (non-hydrogen) atoms. The van der Waals surface area contributed by atoms with Gasteiger partial charge in [-0.15, -0.1) is 0 Å². The molecule has 0 aliphatic heterocycles. The quantitative estimate of drug-likeness (QED) is 0.349. The van der Waals surface area contributed by atoms with Crippen LogP contribution in [0, 0.1) is 0 Å². The van der Waals surface area contributed by atoms with Crippen LogP contribution in [0.3, 0.4) is 0 Å². The van der Waals surface area contributed by atoms with Crippen LogP contribution in [0.4, 0.5) is 74.6 Å². The van der Waals surface area contributed by atoms with E-state index in [1.807, 2.05) is 0 Å². The van der Waals surface area contributed by atoms with Crippen molar-refractivity contribution in [1.82, 2.24) is 0 Å². The predicted octanol–water partition coefficient (Wildman–Crippen LogP) is 5.78. The minimum absolute atomic E-state index is 0.476. The maximum Gasteiger partial charge on any atom is 0.426 e. The summed E-state index contributed by atoms with van der Waals surface area (Å²) in [5, 5.41) is 8.55. The first-order valence-corrected chi connectivity index (χ1v) is 7.59. The fraction of sp³-hybridized carbons (Fsp3) is 1.00. The second-order valence-electron chi connectivity index (χ2n) is 6.36. The van der Waals surface area contributed by atoms with E-state index in [1.54, 1.807) is 0 Å². The van der Waals surface area contributed by atoms with Gasteiger partial charge in [-0.2, -0.15) is 70.2 Å². The normalized spacial score (nSPS) is 18.0. The van der Waals surface area contributed by atoms with Crippen LogP contribution in [0.1, 0.15) is 13.8 Å². The van der Waals surface area contributed by atoms with Crippen LogP contribution in [0.15, 0.2) is 0 Å². The highest BCUT2D eigenvalue weighted by atomic mass is 19.4. The van der Waals surface area contributed by atoms with Crippen molar-refractivity contribution in [3.63, 3.8) is 0 Å². The van der Waals surface area contributed by atoms with Crippen molar-refractivity contribution in [1.29, 1.82) is 0 Å². The largest absolute Gasteiger partial charge is 0.426 e. The van der Waals surface area contributed by atoms with Gasteiger partial charge in [-0.1, -0.05) is 0 Å². The minimum Gasteiger partial charge on any atom is -0.391 e. The highest BCUT2D eigenvalue weighted by molar-refractivity contribution is 5.15. The SMILES string of the molecule is CC(O)COC(F)(F)C(F)(F)C(F)(F)C(F)(F)C(F)(F)C(F)(F)C(F)(F)C(F)(F)C(C)F. The average molecular weight is 522 g/mol. The van der Waals surface area contributed by atoms with E-state index in [4.69, 9.17) is 5.11 Å². The van der Waals surface area contributed by atoms with Crippen LogP contribution in [-0.4, -0.2) is 71.6 Å². The molecule has 0 rings (SSSR count). The van der Waals surface area contributed by atoms with E-state index in [9.17, 15) is 74.6 Å². The maximum absolute atomic E-state index is 13.4. The Morgan fingerprint density at radius 2 is 0.844 bits per heavy atom. The van der Waals surface area contributed by atoms with Gasteiger partial charge in [0, 0.05) is 0 Å². The Morgan fingerprint density at radius 3 is 1.12 bits per heavy atom. The number of aliphatic hydroxyl groups excluding tert-OH is 1. The molecule has 0 radical (unpaired) electrons. The second-order valence-corrected chi connectivity index (χ2v) is 6.36. The molecule has 1 N–H and O–H groups in total. The maximum atomic E-state index is 13.4. The molecule has 0 heterocycles. The summed E-state index contributed by atoms with van der Waals surface area (Å²) in [7, 11) is 0. The van der Waals surface area contributed by atoms with Gasteiger partial charge in [-0.05, 0) is 13.8 Å². The summed E-state index contributed by atoms with van der Waals surface area (Å²) < 4.78 is 228. The van der Waals surface area contributed by atoms with Crippen molar-refractivity contribution < 1.29 is 84.5 Å². The van der Waals surface area contributed by atoms with Gasteiger partial charge in [0.15, 0.2) is 6.17 Å². The average Bonchev–Trinajstić information content (AvgIpc) is 2.58. The van der Waals surface area contributed by atoms with Gasteiger partial charge in [-0.25, -0.2) is 4.39 Å². The summed E-state index contributed by atoms with van der Waals surface area (Å²) in [4.78, 5) is 0. The number of rotatable bonds is 11. The summed E-state index contributed by atoms with van der Waals surface area (Å²) in [6.07, 6.45) is -13.6. The molecule has 2 atom stereocenters. The second kappa shape index (κ2) is 8.19. The lowest BCUT2D eigenvalue weighted by molar-refractivity contribution is -0.474. The van der Waals surface area contributed by atoms with Crippen LogP contribution < -0.4 is 0 Å². The Labute approximate surface area is 166 Å². The summed E-state index contributed by atoms with van der Waals surface area (Å²) >= 11 is 0. The molecule has 0 fully saturated rings. The van der Waals surface area contributed by atoms with Gasteiger partial charge in [0.05, 0.1) is 12.7 Å². The fourth-order valence-corrected chi connectivity index (χ4v) is 1.75. The smallest absolute Gasteiger partial charge is 0.391 e. The molecule has 0 aromatic heterocycles. The highest BCUT2D eigenvalue weighted by Gasteiger charge is 2.95. The van der Waals surface area contributed by atoms with E-state index in [-0.39, 0.29) is 0 Å². The van der Waals surface area contributed by atoms with Crippen LogP contribution >= 0.6 is 0 Å². The van der Waals surface area contributed by atoms with Crippen LogP contribution in [0.5, 0.6) is 0 Å². The first-order chi connectivity index (χ1) is 13.6. The van der Waals surface area contributed by atoms with E-state index >= 15 is 0 Å². The lowest BCUT2D eigenvalue weighted by Gasteiger charge is -2.43. The number of aliphatic hydroxyl groups is 1. The number of hydrogen-bond acceptors (Lipinski definition) is 2. The lowest BCUT2D eigenvalue weighted by atomic mass is 9.88. The summed E-state index contributed by atoms with van der Waals surface area (Å²) in [5.41, 5.74) is 0. The molecule has 0 spiro atoms. The van der Waals surface area contributed by atoms with E-state index < -0.39 is 73.4 Å². The summed E-state index contributed by atoms with van der Waals surface area (Å²) in [5.74, 6) is -56.8. The molecule has 2 unspecified atom stereocenters. The third-order valence-electron chi connectivity index (χ3n) is 3.76. The molecular weight excluding hydrogens is 511 g/mol. The number of alkyl halides is 17. The molecule has 0 amide bonds. The molecule has 194 valence electrons. The molecule has 0 aromatic rings. The molecule has 0 aliphatic carbocycles. The number of ether oxygens (including phenoxy) is 1. The van der Waals surface area contributed by atoms with E-state index in [2.05, 4.69) is 4.74 Å². The van der Waals surface area contributed by atoms with Crippen molar-refractivity contribution in [2.24, 2.45) is 0 Å². The van der Waals surface area contributed by atoms with Gasteiger partial charge >= 0.3 is 47.6 Å². The van der Waals surface area contributed by atoms with Gasteiger partial charge in [0.2, 0.25) is 0 Å². The Hall–Kier alpha value is -1.27. The Morgan fingerprint density at radius 1 is 0.562 bits per heavy atom. The first kappa shape index (κ1) is 30.7. The van der Waals surface area contributed by atoms with Crippen molar-refractivity contribution in [3.05, 3.63) is 0 Å². The Bertz CT molecular complexity index is 655. The predicted molar refractivity (Wildman–Crippen MR) is 67.8 cm³/mol. The molecule has 0 bridgehead atoms. The summed E-state index contributed by atoms with van der Waals surface area (Å²) in [6, 6.07) is 0. The molecule has 0 saturated carbocycles. The third kappa shape index (κ3) is 4.06. The zero-order valence-corrected chi connectivity index (χ0v) is 15.1. The van der Waals surface area contributed by atoms with Gasteiger partial charge in [0.1, 0.15) is 0 Å². The first-order valence-electron chi connectivity index (χ1n) is 7.59. The standard InChI is InChI=1S/C13H11F17O2/c1-4(31)3-32-13(29,30)12(27,28)11(25,26)10(23,24)9(21,22)8(19,20)7(17,18)6(15,16)5(2)14/h4-5,31H,3H2,1-2H3. The number of hydrogen-bond donors (Lipinski definition) is 1. The molecule has 19 heteroatoms. The molecule has 2 nitrogen and oxygen atoms in total. The van der Waals surface area contributed by atoms with Crippen molar-refractivity contribution >= 4 is 0 Å². The van der Waals surface area contributed by atoms with E-state index in [1.165, 1.54) is 0 Å². The minimum atomic E-state index is -8.62. The van der Waals surface area contributed by atoms with E-state index in [0.29, 0.717) is 6.92 Å². The van der Waals surface area contributed by atoms with Crippen molar-refractivity contribution in [2.75, 3.05) is 6.61 Å². The zero-order valence-electron chi connectivity index (χ0n) is 15.1. The topological polar surface area (TPSA) is 29.5 Å². The van der Waals surface area contributed by atoms with Crippen LogP contribution in [0.2, 0.25) is 0 Å². The molecule has 0 saturated heterocycles. The monoisotopic (exact) mass is 522 g/mol. The van der Waals surface area contributed by atoms with Gasteiger partial charge in [-0.3, -0.25) is 0 Å².